The summed E-state index contributed by atoms with van der Waals surface area (Å²) < 4.78 is 11.1. The molecule has 1 N–H and O–H groups in total. The topological polar surface area (TPSA) is 43.4 Å². The summed E-state index contributed by atoms with van der Waals surface area (Å²) in [4.78, 5) is 4.17. The van der Waals surface area contributed by atoms with Gasteiger partial charge in [-0.1, -0.05) is 18.5 Å². The van der Waals surface area contributed by atoms with Gasteiger partial charge in [0.25, 0.3) is 0 Å². The van der Waals surface area contributed by atoms with Gasteiger partial charge in [-0.2, -0.15) is 0 Å². The molecule has 2 rings (SSSR count). The van der Waals surface area contributed by atoms with Crippen molar-refractivity contribution in [3.05, 3.63) is 39.3 Å². The number of ether oxygens (including phenoxy) is 2. The van der Waals surface area contributed by atoms with E-state index in [0.29, 0.717) is 23.1 Å². The van der Waals surface area contributed by atoms with Gasteiger partial charge < -0.3 is 14.8 Å². The molecule has 0 aliphatic carbocycles. The summed E-state index contributed by atoms with van der Waals surface area (Å²) in [5.74, 6) is 1.20. The van der Waals surface area contributed by atoms with E-state index in [1.807, 2.05) is 17.5 Å². The molecule has 0 aliphatic rings. The molecular weight excluding hydrogens is 296 g/mol. The van der Waals surface area contributed by atoms with E-state index in [1.54, 1.807) is 24.6 Å². The highest BCUT2D eigenvalue weighted by molar-refractivity contribution is 7.09. The highest BCUT2D eigenvalue weighted by Gasteiger charge is 2.12. The number of hydrogen-bond donors (Lipinski definition) is 1. The van der Waals surface area contributed by atoms with Crippen molar-refractivity contribution < 1.29 is 9.47 Å². The van der Waals surface area contributed by atoms with Crippen LogP contribution in [0.25, 0.3) is 0 Å². The molecule has 0 bridgehead atoms. The maximum Gasteiger partial charge on any atom is 0.180 e. The van der Waals surface area contributed by atoms with Crippen LogP contribution in [0.2, 0.25) is 5.02 Å². The lowest BCUT2D eigenvalue weighted by Crippen LogP contribution is -2.12. The van der Waals surface area contributed by atoms with Crippen LogP contribution in [0, 0.1) is 0 Å². The Morgan fingerprint density at radius 1 is 1.40 bits per heavy atom. The van der Waals surface area contributed by atoms with Crippen LogP contribution in [0.1, 0.15) is 17.5 Å². The molecule has 0 fully saturated rings. The SMILES string of the molecule is CCNCc1cc(Cl)c(OCc2nccs2)c(OC)c1. The van der Waals surface area contributed by atoms with Crippen LogP contribution in [-0.2, 0) is 13.2 Å². The lowest BCUT2D eigenvalue weighted by atomic mass is 10.2. The minimum absolute atomic E-state index is 0.389. The lowest BCUT2D eigenvalue weighted by molar-refractivity contribution is 0.284. The number of nitrogens with zero attached hydrogens (tertiary/aromatic N) is 1. The molecule has 6 heteroatoms. The summed E-state index contributed by atoms with van der Waals surface area (Å²) in [6.45, 7) is 4.10. The fourth-order valence-corrected chi connectivity index (χ4v) is 2.56. The van der Waals surface area contributed by atoms with Gasteiger partial charge in [-0.25, -0.2) is 4.98 Å². The Labute approximate surface area is 127 Å². The molecule has 0 radical (unpaired) electrons. The van der Waals surface area contributed by atoms with Gasteiger partial charge >= 0.3 is 0 Å². The van der Waals surface area contributed by atoms with E-state index in [9.17, 15) is 0 Å². The average molecular weight is 313 g/mol. The highest BCUT2D eigenvalue weighted by atomic mass is 35.5. The molecular formula is C14H17ClN2O2S. The Bertz CT molecular complexity index is 546. The highest BCUT2D eigenvalue weighted by Crippen LogP contribution is 2.37. The third kappa shape index (κ3) is 3.85. The molecule has 1 aromatic heterocycles. The Hall–Kier alpha value is -1.30. The summed E-state index contributed by atoms with van der Waals surface area (Å²) >= 11 is 7.83. The second kappa shape index (κ2) is 7.47. The fourth-order valence-electron chi connectivity index (χ4n) is 1.74. The third-order valence-electron chi connectivity index (χ3n) is 2.69. The predicted molar refractivity (Wildman–Crippen MR) is 81.8 cm³/mol. The van der Waals surface area contributed by atoms with E-state index in [4.69, 9.17) is 21.1 Å². The van der Waals surface area contributed by atoms with Gasteiger partial charge in [-0.15, -0.1) is 11.3 Å². The maximum absolute atomic E-state index is 6.28. The van der Waals surface area contributed by atoms with Crippen LogP contribution in [0.3, 0.4) is 0 Å². The number of nitrogens with one attached hydrogen (secondary N) is 1. The van der Waals surface area contributed by atoms with Crippen molar-refractivity contribution in [3.8, 4) is 11.5 Å². The van der Waals surface area contributed by atoms with E-state index in [1.165, 1.54) is 0 Å². The van der Waals surface area contributed by atoms with Gasteiger partial charge in [0.05, 0.1) is 12.1 Å². The summed E-state index contributed by atoms with van der Waals surface area (Å²) in [7, 11) is 1.61. The van der Waals surface area contributed by atoms with Crippen molar-refractivity contribution >= 4 is 22.9 Å². The standard InChI is InChI=1S/C14H17ClN2O2S/c1-3-16-8-10-6-11(15)14(12(7-10)18-2)19-9-13-17-4-5-20-13/h4-7,16H,3,8-9H2,1-2H3. The summed E-state index contributed by atoms with van der Waals surface area (Å²) in [6.07, 6.45) is 1.75. The maximum atomic E-state index is 6.28. The molecule has 0 aliphatic heterocycles. The monoisotopic (exact) mass is 312 g/mol. The van der Waals surface area contributed by atoms with Crippen molar-refractivity contribution in [3.63, 3.8) is 0 Å². The molecule has 20 heavy (non-hydrogen) atoms. The smallest absolute Gasteiger partial charge is 0.180 e. The second-order valence-corrected chi connectivity index (χ2v) is 5.49. The number of halogens is 1. The molecule has 1 aromatic carbocycles. The molecule has 1 heterocycles. The third-order valence-corrected chi connectivity index (χ3v) is 3.73. The number of benzene rings is 1. The quantitative estimate of drug-likeness (QED) is 0.850. The molecule has 0 saturated heterocycles. The van der Waals surface area contributed by atoms with Gasteiger partial charge in [0.1, 0.15) is 11.6 Å². The van der Waals surface area contributed by atoms with E-state index in [0.717, 1.165) is 23.7 Å². The van der Waals surface area contributed by atoms with Crippen LogP contribution in [0.4, 0.5) is 0 Å². The largest absolute Gasteiger partial charge is 0.493 e. The Morgan fingerprint density at radius 3 is 2.90 bits per heavy atom. The second-order valence-electron chi connectivity index (χ2n) is 4.10. The zero-order chi connectivity index (χ0) is 14.4. The molecule has 0 atom stereocenters. The van der Waals surface area contributed by atoms with Crippen LogP contribution >= 0.6 is 22.9 Å². The van der Waals surface area contributed by atoms with E-state index in [2.05, 4.69) is 17.2 Å². The first-order chi connectivity index (χ1) is 9.74. The normalized spacial score (nSPS) is 10.6. The van der Waals surface area contributed by atoms with Crippen LogP contribution in [0.15, 0.2) is 23.7 Å². The minimum Gasteiger partial charge on any atom is -0.493 e. The van der Waals surface area contributed by atoms with Gasteiger partial charge in [-0.3, -0.25) is 0 Å². The molecule has 4 nitrogen and oxygen atoms in total. The van der Waals surface area contributed by atoms with Crippen LogP contribution in [-0.4, -0.2) is 18.6 Å². The fraction of sp³-hybridized carbons (Fsp3) is 0.357. The number of hydrogen-bond acceptors (Lipinski definition) is 5. The Balaban J connectivity index is 2.14. The van der Waals surface area contributed by atoms with Crippen molar-refractivity contribution in [1.82, 2.24) is 10.3 Å². The summed E-state index contributed by atoms with van der Waals surface area (Å²) in [6, 6.07) is 3.83. The molecule has 0 saturated carbocycles. The molecule has 0 spiro atoms. The van der Waals surface area contributed by atoms with Gasteiger partial charge in [0, 0.05) is 18.1 Å². The van der Waals surface area contributed by atoms with Crippen molar-refractivity contribution in [2.45, 2.75) is 20.1 Å². The molecule has 0 unspecified atom stereocenters. The summed E-state index contributed by atoms with van der Waals surface area (Å²) in [5.41, 5.74) is 1.07. The number of thiazole rings is 1. The first kappa shape index (κ1) is 15.1. The van der Waals surface area contributed by atoms with Gasteiger partial charge in [0.15, 0.2) is 11.5 Å². The first-order valence-electron chi connectivity index (χ1n) is 6.33. The molecule has 2 aromatic rings. The van der Waals surface area contributed by atoms with Crippen molar-refractivity contribution in [2.75, 3.05) is 13.7 Å². The molecule has 108 valence electrons. The summed E-state index contributed by atoms with van der Waals surface area (Å²) in [5, 5.41) is 6.62. The predicted octanol–water partition coefficient (Wildman–Crippen LogP) is 3.49. The number of methoxy groups -OCH3 is 1. The van der Waals surface area contributed by atoms with E-state index in [-0.39, 0.29) is 0 Å². The van der Waals surface area contributed by atoms with E-state index >= 15 is 0 Å². The Kier molecular flexibility index (Phi) is 5.64. The van der Waals surface area contributed by atoms with E-state index < -0.39 is 0 Å². The van der Waals surface area contributed by atoms with Crippen molar-refractivity contribution in [1.29, 1.82) is 0 Å². The zero-order valence-electron chi connectivity index (χ0n) is 11.5. The number of aromatic nitrogens is 1. The number of rotatable bonds is 7. The first-order valence-corrected chi connectivity index (χ1v) is 7.58. The minimum atomic E-state index is 0.389. The zero-order valence-corrected chi connectivity index (χ0v) is 13.1. The average Bonchev–Trinajstić information content (AvgIpc) is 2.96. The van der Waals surface area contributed by atoms with Gasteiger partial charge in [0.2, 0.25) is 0 Å². The molecule has 0 amide bonds. The Morgan fingerprint density at radius 2 is 2.25 bits per heavy atom. The lowest BCUT2D eigenvalue weighted by Gasteiger charge is -2.13. The van der Waals surface area contributed by atoms with Crippen molar-refractivity contribution in [2.24, 2.45) is 0 Å². The van der Waals surface area contributed by atoms with Gasteiger partial charge in [-0.05, 0) is 24.2 Å². The van der Waals surface area contributed by atoms with Crippen LogP contribution in [0.5, 0.6) is 11.5 Å². The van der Waals surface area contributed by atoms with Crippen LogP contribution < -0.4 is 14.8 Å².